The summed E-state index contributed by atoms with van der Waals surface area (Å²) in [5, 5.41) is 0. The number of pyridine rings is 2. The van der Waals surface area contributed by atoms with Crippen molar-refractivity contribution in [2.75, 3.05) is 6.54 Å². The Bertz CT molecular complexity index is 1210. The molecular weight excluding hydrogens is 352 g/mol. The standard InChI is InChI=1S/C21H20N6O/c1-14-18(27-10-3-2-4-19(27)23-14)13-26-11-7-17-16(12-26)21(28)25-20(24-17)15-5-8-22-9-6-15/h2-6,8-10H,7,11-13H2,1H3,(H,24,25,28). The maximum absolute atomic E-state index is 12.7. The van der Waals surface area contributed by atoms with Gasteiger partial charge >= 0.3 is 0 Å². The van der Waals surface area contributed by atoms with E-state index in [1.165, 1.54) is 0 Å². The van der Waals surface area contributed by atoms with Crippen LogP contribution in [0.5, 0.6) is 0 Å². The number of nitrogens with one attached hydrogen (secondary N) is 1. The molecule has 0 spiro atoms. The first kappa shape index (κ1) is 16.8. The molecule has 1 aliphatic heterocycles. The minimum absolute atomic E-state index is 0.0589. The van der Waals surface area contributed by atoms with Gasteiger partial charge in [0.1, 0.15) is 11.5 Å². The third-order valence-electron chi connectivity index (χ3n) is 5.30. The van der Waals surface area contributed by atoms with E-state index >= 15 is 0 Å². The number of fused-ring (bicyclic) bond motifs is 2. The van der Waals surface area contributed by atoms with E-state index < -0.39 is 0 Å². The van der Waals surface area contributed by atoms with E-state index in [1.54, 1.807) is 12.4 Å². The van der Waals surface area contributed by atoms with E-state index in [-0.39, 0.29) is 5.56 Å². The molecule has 4 aromatic rings. The summed E-state index contributed by atoms with van der Waals surface area (Å²) in [6.07, 6.45) is 6.20. The predicted octanol–water partition coefficient (Wildman–Crippen LogP) is 2.35. The summed E-state index contributed by atoms with van der Waals surface area (Å²) in [6, 6.07) is 9.73. The molecule has 1 aliphatic rings. The molecular formula is C21H20N6O. The Morgan fingerprint density at radius 1 is 1.14 bits per heavy atom. The zero-order valence-electron chi connectivity index (χ0n) is 15.6. The number of aryl methyl sites for hydroxylation is 1. The lowest BCUT2D eigenvalue weighted by Crippen LogP contribution is -2.35. The van der Waals surface area contributed by atoms with Crippen LogP contribution in [0.4, 0.5) is 0 Å². The average molecular weight is 372 g/mol. The van der Waals surface area contributed by atoms with Crippen molar-refractivity contribution in [1.29, 1.82) is 0 Å². The molecule has 0 radical (unpaired) electrons. The van der Waals surface area contributed by atoms with Gasteiger partial charge in [-0.05, 0) is 31.2 Å². The largest absolute Gasteiger partial charge is 0.306 e. The Morgan fingerprint density at radius 3 is 2.86 bits per heavy atom. The van der Waals surface area contributed by atoms with Gasteiger partial charge in [0.2, 0.25) is 0 Å². The second kappa shape index (κ2) is 6.69. The first-order valence-electron chi connectivity index (χ1n) is 9.36. The van der Waals surface area contributed by atoms with Gasteiger partial charge in [-0.2, -0.15) is 0 Å². The highest BCUT2D eigenvalue weighted by Crippen LogP contribution is 2.21. The average Bonchev–Trinajstić information content (AvgIpc) is 3.04. The van der Waals surface area contributed by atoms with Crippen LogP contribution >= 0.6 is 0 Å². The molecule has 7 heteroatoms. The van der Waals surface area contributed by atoms with Crippen LogP contribution in [0.2, 0.25) is 0 Å². The summed E-state index contributed by atoms with van der Waals surface area (Å²) in [6.45, 7) is 4.24. The molecule has 0 fully saturated rings. The lowest BCUT2D eigenvalue weighted by Gasteiger charge is -2.27. The summed E-state index contributed by atoms with van der Waals surface area (Å²) in [4.78, 5) is 31.3. The van der Waals surface area contributed by atoms with Crippen molar-refractivity contribution in [2.45, 2.75) is 26.4 Å². The quantitative estimate of drug-likeness (QED) is 0.597. The molecule has 0 atom stereocenters. The van der Waals surface area contributed by atoms with Crippen molar-refractivity contribution >= 4 is 5.65 Å². The molecule has 28 heavy (non-hydrogen) atoms. The fraction of sp³-hybridized carbons (Fsp3) is 0.238. The third-order valence-corrected chi connectivity index (χ3v) is 5.30. The van der Waals surface area contributed by atoms with Gasteiger partial charge in [0.05, 0.1) is 22.6 Å². The lowest BCUT2D eigenvalue weighted by molar-refractivity contribution is 0.238. The van der Waals surface area contributed by atoms with Gasteiger partial charge in [0, 0.05) is 50.2 Å². The minimum Gasteiger partial charge on any atom is -0.306 e. The van der Waals surface area contributed by atoms with Gasteiger partial charge in [-0.25, -0.2) is 9.97 Å². The third kappa shape index (κ3) is 2.90. The summed E-state index contributed by atoms with van der Waals surface area (Å²) in [5.74, 6) is 0.609. The smallest absolute Gasteiger partial charge is 0.255 e. The fourth-order valence-electron chi connectivity index (χ4n) is 3.83. The summed E-state index contributed by atoms with van der Waals surface area (Å²) in [7, 11) is 0. The maximum atomic E-state index is 12.7. The van der Waals surface area contributed by atoms with Gasteiger partial charge in [0.25, 0.3) is 5.56 Å². The van der Waals surface area contributed by atoms with Crippen LogP contribution in [-0.4, -0.2) is 35.8 Å². The van der Waals surface area contributed by atoms with E-state index in [1.807, 2.05) is 43.5 Å². The molecule has 7 nitrogen and oxygen atoms in total. The number of imidazole rings is 1. The van der Waals surface area contributed by atoms with Gasteiger partial charge in [-0.3, -0.25) is 14.7 Å². The van der Waals surface area contributed by atoms with E-state index in [4.69, 9.17) is 4.98 Å². The van der Waals surface area contributed by atoms with Crippen molar-refractivity contribution in [1.82, 2.24) is 29.2 Å². The lowest BCUT2D eigenvalue weighted by atomic mass is 10.1. The van der Waals surface area contributed by atoms with Gasteiger partial charge in [-0.1, -0.05) is 6.07 Å². The monoisotopic (exact) mass is 372 g/mol. The maximum Gasteiger partial charge on any atom is 0.255 e. The number of aromatic amines is 1. The highest BCUT2D eigenvalue weighted by molar-refractivity contribution is 5.54. The number of aromatic nitrogens is 5. The van der Waals surface area contributed by atoms with Crippen LogP contribution in [0.25, 0.3) is 17.0 Å². The summed E-state index contributed by atoms with van der Waals surface area (Å²) >= 11 is 0. The molecule has 0 aromatic carbocycles. The Morgan fingerprint density at radius 2 is 2.00 bits per heavy atom. The van der Waals surface area contributed by atoms with Crippen LogP contribution in [0.3, 0.4) is 0 Å². The van der Waals surface area contributed by atoms with Crippen molar-refractivity contribution in [3.8, 4) is 11.4 Å². The Balaban J connectivity index is 1.44. The number of H-pyrrole nitrogens is 1. The normalized spacial score (nSPS) is 14.3. The minimum atomic E-state index is -0.0589. The highest BCUT2D eigenvalue weighted by atomic mass is 16.1. The van der Waals surface area contributed by atoms with Gasteiger partial charge in [0.15, 0.2) is 0 Å². The van der Waals surface area contributed by atoms with E-state index in [0.717, 1.165) is 53.4 Å². The topological polar surface area (TPSA) is 79.2 Å². The summed E-state index contributed by atoms with van der Waals surface area (Å²) in [5.41, 5.74) is 5.61. The molecule has 1 N–H and O–H groups in total. The Hall–Kier alpha value is -3.32. The number of hydrogen-bond donors (Lipinski definition) is 1. The molecule has 5 rings (SSSR count). The molecule has 0 bridgehead atoms. The molecule has 0 amide bonds. The van der Waals surface area contributed by atoms with E-state index in [0.29, 0.717) is 12.4 Å². The molecule has 4 aromatic heterocycles. The van der Waals surface area contributed by atoms with Crippen LogP contribution in [-0.2, 0) is 19.5 Å². The van der Waals surface area contributed by atoms with Crippen LogP contribution in [0.15, 0.2) is 53.7 Å². The van der Waals surface area contributed by atoms with Crippen molar-refractivity contribution in [3.05, 3.63) is 81.9 Å². The fourth-order valence-corrected chi connectivity index (χ4v) is 3.83. The highest BCUT2D eigenvalue weighted by Gasteiger charge is 2.23. The zero-order chi connectivity index (χ0) is 19.1. The van der Waals surface area contributed by atoms with Crippen molar-refractivity contribution in [2.24, 2.45) is 0 Å². The second-order valence-electron chi connectivity index (χ2n) is 7.11. The predicted molar refractivity (Wildman–Crippen MR) is 106 cm³/mol. The molecule has 0 saturated carbocycles. The Labute approximate surface area is 161 Å². The number of rotatable bonds is 3. The first-order valence-corrected chi connectivity index (χ1v) is 9.36. The zero-order valence-corrected chi connectivity index (χ0v) is 15.6. The van der Waals surface area contributed by atoms with Gasteiger partial charge in [-0.15, -0.1) is 0 Å². The Kier molecular flexibility index (Phi) is 4.02. The number of hydrogen-bond acceptors (Lipinski definition) is 5. The summed E-state index contributed by atoms with van der Waals surface area (Å²) < 4.78 is 2.12. The molecule has 140 valence electrons. The van der Waals surface area contributed by atoms with Gasteiger partial charge < -0.3 is 9.38 Å². The SMILES string of the molecule is Cc1nc2ccccn2c1CN1CCc2nc(-c3ccncc3)[nH]c(=O)c2C1. The number of nitrogens with zero attached hydrogens (tertiary/aromatic N) is 5. The van der Waals surface area contributed by atoms with E-state index in [2.05, 4.69) is 24.3 Å². The van der Waals surface area contributed by atoms with Crippen LogP contribution in [0, 0.1) is 6.92 Å². The molecule has 0 unspecified atom stereocenters. The first-order chi connectivity index (χ1) is 13.7. The van der Waals surface area contributed by atoms with Crippen molar-refractivity contribution in [3.63, 3.8) is 0 Å². The second-order valence-corrected chi connectivity index (χ2v) is 7.11. The van der Waals surface area contributed by atoms with E-state index in [9.17, 15) is 4.79 Å². The molecule has 0 aliphatic carbocycles. The molecule has 5 heterocycles. The van der Waals surface area contributed by atoms with Crippen LogP contribution in [0.1, 0.15) is 22.6 Å². The van der Waals surface area contributed by atoms with Crippen molar-refractivity contribution < 1.29 is 0 Å². The molecule has 0 saturated heterocycles. The van der Waals surface area contributed by atoms with Crippen LogP contribution < -0.4 is 5.56 Å².